The minimum Gasteiger partial charge on any atom is -0.461 e. The van der Waals surface area contributed by atoms with E-state index in [9.17, 15) is 4.79 Å². The molecular formula is C12H18N6O3. The van der Waals surface area contributed by atoms with E-state index in [-0.39, 0.29) is 25.4 Å². The summed E-state index contributed by atoms with van der Waals surface area (Å²) in [7, 11) is 0. The van der Waals surface area contributed by atoms with Crippen LogP contribution in [-0.4, -0.2) is 37.7 Å². The Morgan fingerprint density at radius 3 is 2.90 bits per heavy atom. The normalized spacial score (nSPS) is 10.8. The van der Waals surface area contributed by atoms with Gasteiger partial charge >= 0.3 is 5.97 Å². The maximum atomic E-state index is 11.7. The third kappa shape index (κ3) is 3.43. The number of aryl methyl sites for hydroxylation is 1. The summed E-state index contributed by atoms with van der Waals surface area (Å²) in [5, 5.41) is 11.6. The summed E-state index contributed by atoms with van der Waals surface area (Å²) in [5.74, 6) is 0.502. The van der Waals surface area contributed by atoms with Crippen molar-refractivity contribution >= 4 is 5.97 Å². The molecule has 0 saturated carbocycles. The summed E-state index contributed by atoms with van der Waals surface area (Å²) in [5.41, 5.74) is 6.25. The van der Waals surface area contributed by atoms with Crippen molar-refractivity contribution in [1.82, 2.24) is 25.1 Å². The van der Waals surface area contributed by atoms with E-state index in [0.29, 0.717) is 17.4 Å². The Kier molecular flexibility index (Phi) is 4.99. The van der Waals surface area contributed by atoms with Gasteiger partial charge in [-0.15, -0.1) is 5.10 Å². The van der Waals surface area contributed by atoms with Gasteiger partial charge in [0.25, 0.3) is 0 Å². The molecule has 2 N–H and O–H groups in total. The summed E-state index contributed by atoms with van der Waals surface area (Å²) in [6.45, 7) is 4.34. The van der Waals surface area contributed by atoms with Crippen molar-refractivity contribution in [3.63, 3.8) is 0 Å². The SMILES string of the molecule is CCCc1noc(Cn2nnc(C(=O)OCC)c2CN)n1. The molecule has 9 nitrogen and oxygen atoms in total. The Labute approximate surface area is 121 Å². The number of carbonyl (C=O) groups is 1. The molecule has 2 aromatic rings. The van der Waals surface area contributed by atoms with Gasteiger partial charge < -0.3 is 15.0 Å². The largest absolute Gasteiger partial charge is 0.461 e. The van der Waals surface area contributed by atoms with E-state index in [1.807, 2.05) is 6.92 Å². The van der Waals surface area contributed by atoms with Crippen molar-refractivity contribution in [3.05, 3.63) is 23.1 Å². The summed E-state index contributed by atoms with van der Waals surface area (Å²) in [6, 6.07) is 0. The third-order valence-electron chi connectivity index (χ3n) is 2.77. The van der Waals surface area contributed by atoms with Crippen molar-refractivity contribution in [2.45, 2.75) is 39.8 Å². The quantitative estimate of drug-likeness (QED) is 0.723. The van der Waals surface area contributed by atoms with Crippen molar-refractivity contribution in [3.8, 4) is 0 Å². The van der Waals surface area contributed by atoms with E-state index >= 15 is 0 Å². The van der Waals surface area contributed by atoms with E-state index in [1.54, 1.807) is 6.92 Å². The molecule has 2 rings (SSSR count). The van der Waals surface area contributed by atoms with E-state index in [2.05, 4.69) is 20.5 Å². The topological polar surface area (TPSA) is 122 Å². The zero-order chi connectivity index (χ0) is 15.2. The van der Waals surface area contributed by atoms with Gasteiger partial charge in [-0.1, -0.05) is 17.3 Å². The molecule has 0 bridgehead atoms. The summed E-state index contributed by atoms with van der Waals surface area (Å²) >= 11 is 0. The molecule has 0 atom stereocenters. The van der Waals surface area contributed by atoms with Gasteiger partial charge in [0.15, 0.2) is 11.5 Å². The predicted molar refractivity (Wildman–Crippen MR) is 71.3 cm³/mol. The van der Waals surface area contributed by atoms with Crippen LogP contribution in [0.2, 0.25) is 0 Å². The minimum atomic E-state index is -0.540. The lowest BCUT2D eigenvalue weighted by atomic mass is 10.3. The number of nitrogens with zero attached hydrogens (tertiary/aromatic N) is 5. The van der Waals surface area contributed by atoms with Gasteiger partial charge in [-0.3, -0.25) is 0 Å². The number of hydrogen-bond acceptors (Lipinski definition) is 8. The Morgan fingerprint density at radius 1 is 1.43 bits per heavy atom. The van der Waals surface area contributed by atoms with Gasteiger partial charge in [0.05, 0.1) is 12.3 Å². The molecule has 2 heterocycles. The Balaban J connectivity index is 2.17. The molecule has 0 fully saturated rings. The van der Waals surface area contributed by atoms with Gasteiger partial charge in [0.2, 0.25) is 5.89 Å². The number of nitrogens with two attached hydrogens (primary N) is 1. The highest BCUT2D eigenvalue weighted by atomic mass is 16.5. The Bertz CT molecular complexity index is 606. The van der Waals surface area contributed by atoms with Crippen LogP contribution in [0.1, 0.15) is 48.2 Å². The zero-order valence-electron chi connectivity index (χ0n) is 12.1. The van der Waals surface area contributed by atoms with E-state index in [0.717, 1.165) is 12.8 Å². The van der Waals surface area contributed by atoms with Crippen LogP contribution < -0.4 is 5.73 Å². The number of aromatic nitrogens is 5. The van der Waals surface area contributed by atoms with Gasteiger partial charge in [-0.05, 0) is 13.3 Å². The second kappa shape index (κ2) is 6.93. The van der Waals surface area contributed by atoms with E-state index < -0.39 is 5.97 Å². The third-order valence-corrected chi connectivity index (χ3v) is 2.77. The Hall–Kier alpha value is -2.29. The van der Waals surface area contributed by atoms with Crippen molar-refractivity contribution < 1.29 is 14.1 Å². The molecule has 0 unspecified atom stereocenters. The van der Waals surface area contributed by atoms with Crippen molar-refractivity contribution in [1.29, 1.82) is 0 Å². The molecule has 0 aliphatic rings. The molecule has 0 radical (unpaired) electrons. The van der Waals surface area contributed by atoms with Crippen LogP contribution in [0.4, 0.5) is 0 Å². The molecule has 2 aromatic heterocycles. The first-order valence-electron chi connectivity index (χ1n) is 6.80. The molecule has 114 valence electrons. The lowest BCUT2D eigenvalue weighted by Gasteiger charge is -2.03. The van der Waals surface area contributed by atoms with Crippen LogP contribution in [0.15, 0.2) is 4.52 Å². The van der Waals surface area contributed by atoms with Crippen LogP contribution in [0, 0.1) is 0 Å². The van der Waals surface area contributed by atoms with Crippen molar-refractivity contribution in [2.75, 3.05) is 6.61 Å². The highest BCUT2D eigenvalue weighted by Crippen LogP contribution is 2.09. The van der Waals surface area contributed by atoms with Crippen LogP contribution in [0.3, 0.4) is 0 Å². The molecule has 0 aliphatic carbocycles. The minimum absolute atomic E-state index is 0.108. The molecule has 0 amide bonds. The van der Waals surface area contributed by atoms with Gasteiger partial charge in [0.1, 0.15) is 6.54 Å². The number of hydrogen-bond donors (Lipinski definition) is 1. The Morgan fingerprint density at radius 2 is 2.24 bits per heavy atom. The van der Waals surface area contributed by atoms with Gasteiger partial charge in [0, 0.05) is 13.0 Å². The van der Waals surface area contributed by atoms with E-state index in [4.69, 9.17) is 15.0 Å². The standard InChI is InChI=1S/C12H18N6O3/c1-3-5-9-14-10(21-16-9)7-18-8(6-13)11(15-17-18)12(19)20-4-2/h3-7,13H2,1-2H3. The maximum Gasteiger partial charge on any atom is 0.360 e. The first kappa shape index (κ1) is 15.1. The monoisotopic (exact) mass is 294 g/mol. The first-order chi connectivity index (χ1) is 10.2. The van der Waals surface area contributed by atoms with E-state index in [1.165, 1.54) is 4.68 Å². The number of ether oxygens (including phenoxy) is 1. The number of rotatable bonds is 7. The zero-order valence-corrected chi connectivity index (χ0v) is 12.1. The lowest BCUT2D eigenvalue weighted by Crippen LogP contribution is -2.15. The van der Waals surface area contributed by atoms with Crippen LogP contribution in [0.5, 0.6) is 0 Å². The second-order valence-electron chi connectivity index (χ2n) is 4.32. The number of carbonyl (C=O) groups excluding carboxylic acids is 1. The average Bonchev–Trinajstić information content (AvgIpc) is 3.07. The van der Waals surface area contributed by atoms with Crippen LogP contribution in [0.25, 0.3) is 0 Å². The highest BCUT2D eigenvalue weighted by molar-refractivity contribution is 5.88. The molecule has 21 heavy (non-hydrogen) atoms. The van der Waals surface area contributed by atoms with Gasteiger partial charge in [-0.25, -0.2) is 9.48 Å². The molecule has 0 saturated heterocycles. The molecule has 0 aliphatic heterocycles. The van der Waals surface area contributed by atoms with Crippen molar-refractivity contribution in [2.24, 2.45) is 5.73 Å². The molecule has 0 spiro atoms. The summed E-state index contributed by atoms with van der Waals surface area (Å²) in [6.07, 6.45) is 1.68. The molecular weight excluding hydrogens is 276 g/mol. The smallest absolute Gasteiger partial charge is 0.360 e. The first-order valence-corrected chi connectivity index (χ1v) is 6.80. The summed E-state index contributed by atoms with van der Waals surface area (Å²) in [4.78, 5) is 16.0. The second-order valence-corrected chi connectivity index (χ2v) is 4.32. The lowest BCUT2D eigenvalue weighted by molar-refractivity contribution is 0.0518. The maximum absolute atomic E-state index is 11.7. The van der Waals surface area contributed by atoms with Gasteiger partial charge in [-0.2, -0.15) is 4.98 Å². The van der Waals surface area contributed by atoms with Crippen LogP contribution in [-0.2, 0) is 24.2 Å². The summed E-state index contributed by atoms with van der Waals surface area (Å²) < 4.78 is 11.5. The fourth-order valence-corrected chi connectivity index (χ4v) is 1.83. The molecule has 9 heteroatoms. The number of esters is 1. The average molecular weight is 294 g/mol. The molecule has 0 aromatic carbocycles. The van der Waals surface area contributed by atoms with Crippen LogP contribution >= 0.6 is 0 Å². The highest BCUT2D eigenvalue weighted by Gasteiger charge is 2.21. The fourth-order valence-electron chi connectivity index (χ4n) is 1.83. The predicted octanol–water partition coefficient (Wildman–Crippen LogP) is 0.297. The fraction of sp³-hybridized carbons (Fsp3) is 0.583.